The molecule has 2 aromatic carbocycles. The molecule has 1 heterocycles. The topological polar surface area (TPSA) is 110 Å². The molecule has 3 N–H and O–H groups in total. The van der Waals surface area contributed by atoms with E-state index in [9.17, 15) is 19.2 Å². The van der Waals surface area contributed by atoms with Crippen molar-refractivity contribution in [2.75, 3.05) is 5.32 Å². The summed E-state index contributed by atoms with van der Waals surface area (Å²) in [5.74, 6) is -1.88. The lowest BCUT2D eigenvalue weighted by Gasteiger charge is -2.26. The quantitative estimate of drug-likeness (QED) is 0.751. The number of primary amides is 1. The van der Waals surface area contributed by atoms with Gasteiger partial charge in [0.25, 0.3) is 11.8 Å². The van der Waals surface area contributed by atoms with Crippen molar-refractivity contribution >= 4 is 29.3 Å². The number of hydrogen-bond donors (Lipinski definition) is 2. The SMILES string of the molecule is CC(C)CC(C(=O)Nc1ccc(C(N)=O)cc1)N1C(=O)c2ccccc2C1=O. The van der Waals surface area contributed by atoms with Crippen molar-refractivity contribution in [1.29, 1.82) is 0 Å². The number of amides is 4. The zero-order valence-corrected chi connectivity index (χ0v) is 15.6. The molecule has 4 amide bonds. The second-order valence-electron chi connectivity index (χ2n) is 7.10. The number of anilines is 1. The molecule has 0 spiro atoms. The van der Waals surface area contributed by atoms with Crippen molar-refractivity contribution in [3.8, 4) is 0 Å². The highest BCUT2D eigenvalue weighted by atomic mass is 16.2. The summed E-state index contributed by atoms with van der Waals surface area (Å²) in [5, 5.41) is 2.72. The van der Waals surface area contributed by atoms with Crippen LogP contribution in [0.1, 0.15) is 51.3 Å². The molecule has 0 aromatic heterocycles. The maximum Gasteiger partial charge on any atom is 0.262 e. The smallest absolute Gasteiger partial charge is 0.262 e. The van der Waals surface area contributed by atoms with E-state index < -0.39 is 29.7 Å². The van der Waals surface area contributed by atoms with Gasteiger partial charge in [0.1, 0.15) is 6.04 Å². The fourth-order valence-corrected chi connectivity index (χ4v) is 3.21. The van der Waals surface area contributed by atoms with Gasteiger partial charge >= 0.3 is 0 Å². The maximum atomic E-state index is 12.9. The van der Waals surface area contributed by atoms with Gasteiger partial charge in [-0.2, -0.15) is 0 Å². The predicted molar refractivity (Wildman–Crippen MR) is 104 cm³/mol. The Balaban J connectivity index is 1.86. The first kappa shape index (κ1) is 19.3. The van der Waals surface area contributed by atoms with Crippen LogP contribution in [0.4, 0.5) is 5.69 Å². The standard InChI is InChI=1S/C21H21N3O4/c1-12(2)11-17(19(26)23-14-9-7-13(8-10-14)18(22)25)24-20(27)15-5-3-4-6-16(15)21(24)28/h3-10,12,17H,11H2,1-2H3,(H2,22,25)(H,23,26). The van der Waals surface area contributed by atoms with Gasteiger partial charge in [0.15, 0.2) is 0 Å². The second-order valence-corrected chi connectivity index (χ2v) is 7.10. The van der Waals surface area contributed by atoms with E-state index in [-0.39, 0.29) is 5.92 Å². The van der Waals surface area contributed by atoms with E-state index in [2.05, 4.69) is 5.32 Å². The van der Waals surface area contributed by atoms with Crippen LogP contribution in [0.2, 0.25) is 0 Å². The van der Waals surface area contributed by atoms with Crippen LogP contribution in [0, 0.1) is 5.92 Å². The van der Waals surface area contributed by atoms with Crippen molar-refractivity contribution in [2.24, 2.45) is 11.7 Å². The molecule has 0 aliphatic carbocycles. The first-order valence-corrected chi connectivity index (χ1v) is 8.97. The zero-order valence-electron chi connectivity index (χ0n) is 15.6. The van der Waals surface area contributed by atoms with E-state index in [0.717, 1.165) is 4.90 Å². The molecule has 1 atom stereocenters. The van der Waals surface area contributed by atoms with Gasteiger partial charge in [0, 0.05) is 11.3 Å². The summed E-state index contributed by atoms with van der Waals surface area (Å²) in [6.45, 7) is 3.83. The van der Waals surface area contributed by atoms with Crippen LogP contribution >= 0.6 is 0 Å². The van der Waals surface area contributed by atoms with Crippen LogP contribution in [-0.4, -0.2) is 34.6 Å². The summed E-state index contributed by atoms with van der Waals surface area (Å²) >= 11 is 0. The number of nitrogens with one attached hydrogen (secondary N) is 1. The number of carbonyl (C=O) groups is 4. The first-order chi connectivity index (χ1) is 13.3. The largest absolute Gasteiger partial charge is 0.366 e. The molecule has 0 fully saturated rings. The average molecular weight is 379 g/mol. The van der Waals surface area contributed by atoms with E-state index in [1.807, 2.05) is 13.8 Å². The third-order valence-corrected chi connectivity index (χ3v) is 4.57. The van der Waals surface area contributed by atoms with Gasteiger partial charge in [-0.15, -0.1) is 0 Å². The minimum atomic E-state index is -0.941. The van der Waals surface area contributed by atoms with Crippen molar-refractivity contribution in [3.63, 3.8) is 0 Å². The Morgan fingerprint density at radius 2 is 1.50 bits per heavy atom. The van der Waals surface area contributed by atoms with E-state index in [4.69, 9.17) is 5.73 Å². The number of benzene rings is 2. The molecule has 28 heavy (non-hydrogen) atoms. The Morgan fingerprint density at radius 3 is 1.96 bits per heavy atom. The lowest BCUT2D eigenvalue weighted by atomic mass is 10.0. The van der Waals surface area contributed by atoms with Gasteiger partial charge in [-0.1, -0.05) is 26.0 Å². The Hall–Kier alpha value is -3.48. The number of carbonyl (C=O) groups excluding carboxylic acids is 4. The molecule has 1 unspecified atom stereocenters. The number of nitrogens with two attached hydrogens (primary N) is 1. The number of imide groups is 1. The van der Waals surface area contributed by atoms with E-state index in [0.29, 0.717) is 28.8 Å². The zero-order chi connectivity index (χ0) is 20.4. The number of rotatable bonds is 6. The highest BCUT2D eigenvalue weighted by Crippen LogP contribution is 2.27. The summed E-state index contributed by atoms with van der Waals surface area (Å²) in [6, 6.07) is 11.7. The van der Waals surface area contributed by atoms with Gasteiger partial charge in [-0.05, 0) is 48.7 Å². The Bertz CT molecular complexity index is 915. The third-order valence-electron chi connectivity index (χ3n) is 4.57. The summed E-state index contributed by atoms with van der Waals surface area (Å²) in [6.07, 6.45) is 0.330. The molecule has 3 rings (SSSR count). The number of fused-ring (bicyclic) bond motifs is 1. The molecule has 2 aromatic rings. The molecule has 1 aliphatic rings. The van der Waals surface area contributed by atoms with E-state index >= 15 is 0 Å². The maximum absolute atomic E-state index is 12.9. The van der Waals surface area contributed by atoms with Crippen LogP contribution in [0.15, 0.2) is 48.5 Å². The van der Waals surface area contributed by atoms with Crippen molar-refractivity contribution in [3.05, 3.63) is 65.2 Å². The highest BCUT2D eigenvalue weighted by Gasteiger charge is 2.42. The Morgan fingerprint density at radius 1 is 0.964 bits per heavy atom. The molecule has 144 valence electrons. The van der Waals surface area contributed by atoms with Crippen LogP contribution in [0.3, 0.4) is 0 Å². The van der Waals surface area contributed by atoms with Gasteiger partial charge < -0.3 is 11.1 Å². The monoisotopic (exact) mass is 379 g/mol. The number of nitrogens with zero attached hydrogens (tertiary/aromatic N) is 1. The van der Waals surface area contributed by atoms with Crippen LogP contribution in [0.25, 0.3) is 0 Å². The summed E-state index contributed by atoms with van der Waals surface area (Å²) in [4.78, 5) is 50.7. The van der Waals surface area contributed by atoms with Crippen LogP contribution in [-0.2, 0) is 4.79 Å². The van der Waals surface area contributed by atoms with Gasteiger partial charge in [0.2, 0.25) is 11.8 Å². The van der Waals surface area contributed by atoms with Crippen molar-refractivity contribution < 1.29 is 19.2 Å². The summed E-state index contributed by atoms with van der Waals surface area (Å²) in [7, 11) is 0. The van der Waals surface area contributed by atoms with Gasteiger partial charge in [0.05, 0.1) is 11.1 Å². The predicted octanol–water partition coefficient (Wildman–Crippen LogP) is 2.43. The first-order valence-electron chi connectivity index (χ1n) is 8.97. The third kappa shape index (κ3) is 3.64. The highest BCUT2D eigenvalue weighted by molar-refractivity contribution is 6.23. The average Bonchev–Trinajstić information content (AvgIpc) is 2.91. The Kier molecular flexibility index (Phi) is 5.26. The minimum absolute atomic E-state index is 0.0808. The van der Waals surface area contributed by atoms with Crippen LogP contribution < -0.4 is 11.1 Å². The van der Waals surface area contributed by atoms with E-state index in [1.54, 1.807) is 36.4 Å². The second kappa shape index (κ2) is 7.64. The van der Waals surface area contributed by atoms with E-state index in [1.165, 1.54) is 12.1 Å². The van der Waals surface area contributed by atoms with Gasteiger partial charge in [-0.25, -0.2) is 0 Å². The Labute approximate surface area is 162 Å². The molecule has 0 saturated heterocycles. The minimum Gasteiger partial charge on any atom is -0.366 e. The molecule has 7 nitrogen and oxygen atoms in total. The molecular weight excluding hydrogens is 358 g/mol. The fraction of sp³-hybridized carbons (Fsp3) is 0.238. The lowest BCUT2D eigenvalue weighted by molar-refractivity contribution is -0.120. The summed E-state index contributed by atoms with van der Waals surface area (Å²) in [5.41, 5.74) is 6.59. The molecule has 0 bridgehead atoms. The van der Waals surface area contributed by atoms with Crippen molar-refractivity contribution in [1.82, 2.24) is 4.90 Å². The van der Waals surface area contributed by atoms with Crippen molar-refractivity contribution in [2.45, 2.75) is 26.3 Å². The molecule has 1 aliphatic heterocycles. The molecule has 0 radical (unpaired) electrons. The fourth-order valence-electron chi connectivity index (χ4n) is 3.21. The van der Waals surface area contributed by atoms with Gasteiger partial charge in [-0.3, -0.25) is 24.1 Å². The molecular formula is C21H21N3O4. The van der Waals surface area contributed by atoms with Crippen LogP contribution in [0.5, 0.6) is 0 Å². The molecule has 0 saturated carbocycles. The normalized spacial score (nSPS) is 14.2. The summed E-state index contributed by atoms with van der Waals surface area (Å²) < 4.78 is 0. The lowest BCUT2D eigenvalue weighted by Crippen LogP contribution is -2.47. The number of hydrogen-bond acceptors (Lipinski definition) is 4. The molecule has 7 heteroatoms.